The first-order chi connectivity index (χ1) is 13.6. The van der Waals surface area contributed by atoms with Crippen LogP contribution < -0.4 is 19.5 Å². The number of likely N-dealkylation sites (tertiary alicyclic amines) is 1. The molecule has 0 spiro atoms. The molecule has 3 rings (SSSR count). The maximum atomic E-state index is 12.4. The van der Waals surface area contributed by atoms with Gasteiger partial charge in [0, 0.05) is 25.2 Å². The van der Waals surface area contributed by atoms with Gasteiger partial charge >= 0.3 is 0 Å². The molecular formula is C22H28N2O4. The third kappa shape index (κ3) is 5.16. The Morgan fingerprint density at radius 1 is 1.04 bits per heavy atom. The van der Waals surface area contributed by atoms with Crippen LogP contribution in [0.3, 0.4) is 0 Å². The van der Waals surface area contributed by atoms with Gasteiger partial charge in [-0.25, -0.2) is 0 Å². The van der Waals surface area contributed by atoms with Crippen molar-refractivity contribution in [1.29, 1.82) is 0 Å². The van der Waals surface area contributed by atoms with Gasteiger partial charge < -0.3 is 24.4 Å². The molecule has 1 heterocycles. The monoisotopic (exact) mass is 384 g/mol. The molecule has 6 heteroatoms. The summed E-state index contributed by atoms with van der Waals surface area (Å²) >= 11 is 0. The zero-order valence-electron chi connectivity index (χ0n) is 16.7. The lowest BCUT2D eigenvalue weighted by Crippen LogP contribution is -2.35. The van der Waals surface area contributed by atoms with Crippen LogP contribution >= 0.6 is 0 Å². The summed E-state index contributed by atoms with van der Waals surface area (Å²) in [6.45, 7) is 2.59. The third-order valence-electron chi connectivity index (χ3n) is 4.99. The standard InChI is InChI=1S/C22H28N2O4/c1-24-12-10-19(11-13-24)28-18-7-4-16(5-8-18)15-23-22(25)17-6-9-20(26-2)21(14-17)27-3/h4-9,14,19H,10-13,15H2,1-3H3,(H,23,25). The number of benzene rings is 2. The lowest BCUT2D eigenvalue weighted by Gasteiger charge is -2.29. The lowest BCUT2D eigenvalue weighted by atomic mass is 10.1. The van der Waals surface area contributed by atoms with Crippen LogP contribution in [0.15, 0.2) is 42.5 Å². The third-order valence-corrected chi connectivity index (χ3v) is 4.99. The summed E-state index contributed by atoms with van der Waals surface area (Å²) < 4.78 is 16.5. The minimum Gasteiger partial charge on any atom is -0.493 e. The van der Waals surface area contributed by atoms with Crippen LogP contribution in [0.2, 0.25) is 0 Å². The number of piperidine rings is 1. The molecule has 2 aromatic rings. The Balaban J connectivity index is 1.52. The van der Waals surface area contributed by atoms with Gasteiger partial charge in [0.1, 0.15) is 11.9 Å². The number of methoxy groups -OCH3 is 2. The predicted octanol–water partition coefficient (Wildman–Crippen LogP) is 3.11. The van der Waals surface area contributed by atoms with E-state index in [1.807, 2.05) is 24.3 Å². The van der Waals surface area contributed by atoms with Crippen molar-refractivity contribution in [3.63, 3.8) is 0 Å². The van der Waals surface area contributed by atoms with E-state index >= 15 is 0 Å². The van der Waals surface area contributed by atoms with Crippen LogP contribution in [-0.4, -0.2) is 51.3 Å². The highest BCUT2D eigenvalue weighted by atomic mass is 16.5. The Morgan fingerprint density at radius 3 is 2.36 bits per heavy atom. The summed E-state index contributed by atoms with van der Waals surface area (Å²) in [7, 11) is 5.26. The molecule has 6 nitrogen and oxygen atoms in total. The molecule has 28 heavy (non-hydrogen) atoms. The van der Waals surface area contributed by atoms with Crippen LogP contribution in [0.1, 0.15) is 28.8 Å². The Morgan fingerprint density at radius 2 is 1.71 bits per heavy atom. The van der Waals surface area contributed by atoms with E-state index in [-0.39, 0.29) is 12.0 Å². The second-order valence-electron chi connectivity index (χ2n) is 7.02. The van der Waals surface area contributed by atoms with Gasteiger partial charge in [0.05, 0.1) is 14.2 Å². The zero-order chi connectivity index (χ0) is 19.9. The maximum absolute atomic E-state index is 12.4. The van der Waals surface area contributed by atoms with E-state index in [0.717, 1.165) is 37.2 Å². The van der Waals surface area contributed by atoms with Crippen molar-refractivity contribution >= 4 is 5.91 Å². The summed E-state index contributed by atoms with van der Waals surface area (Å²) in [5.41, 5.74) is 1.55. The molecule has 2 aromatic carbocycles. The lowest BCUT2D eigenvalue weighted by molar-refractivity contribution is 0.0950. The molecule has 150 valence electrons. The van der Waals surface area contributed by atoms with Gasteiger partial charge in [-0.3, -0.25) is 4.79 Å². The smallest absolute Gasteiger partial charge is 0.251 e. The number of hydrogen-bond acceptors (Lipinski definition) is 5. The highest BCUT2D eigenvalue weighted by molar-refractivity contribution is 5.94. The molecule has 1 saturated heterocycles. The van der Waals surface area contributed by atoms with Crippen molar-refractivity contribution in [2.45, 2.75) is 25.5 Å². The van der Waals surface area contributed by atoms with Gasteiger partial charge in [0.15, 0.2) is 11.5 Å². The van der Waals surface area contributed by atoms with E-state index < -0.39 is 0 Å². The fourth-order valence-electron chi connectivity index (χ4n) is 3.24. The quantitative estimate of drug-likeness (QED) is 0.795. The van der Waals surface area contributed by atoms with Gasteiger partial charge in [-0.05, 0) is 55.8 Å². The van der Waals surface area contributed by atoms with Crippen molar-refractivity contribution in [3.05, 3.63) is 53.6 Å². The largest absolute Gasteiger partial charge is 0.493 e. The zero-order valence-corrected chi connectivity index (χ0v) is 16.7. The van der Waals surface area contributed by atoms with Crippen molar-refractivity contribution < 1.29 is 19.0 Å². The van der Waals surface area contributed by atoms with E-state index in [0.29, 0.717) is 23.6 Å². The molecule has 0 bridgehead atoms. The minimum absolute atomic E-state index is 0.160. The number of carbonyl (C=O) groups excluding carboxylic acids is 1. The molecule has 1 N–H and O–H groups in total. The molecule has 0 radical (unpaired) electrons. The van der Waals surface area contributed by atoms with E-state index in [2.05, 4.69) is 17.3 Å². The first-order valence-corrected chi connectivity index (χ1v) is 9.53. The average molecular weight is 384 g/mol. The molecule has 1 aliphatic heterocycles. The van der Waals surface area contributed by atoms with E-state index in [1.165, 1.54) is 0 Å². The number of carbonyl (C=O) groups is 1. The van der Waals surface area contributed by atoms with E-state index in [1.54, 1.807) is 32.4 Å². The van der Waals surface area contributed by atoms with Gasteiger partial charge in [0.2, 0.25) is 0 Å². The molecule has 1 amide bonds. The van der Waals surface area contributed by atoms with Gasteiger partial charge in [-0.2, -0.15) is 0 Å². The molecule has 0 aliphatic carbocycles. The molecule has 0 unspecified atom stereocenters. The topological polar surface area (TPSA) is 60.0 Å². The fraction of sp³-hybridized carbons (Fsp3) is 0.409. The Hall–Kier alpha value is -2.73. The van der Waals surface area contributed by atoms with Gasteiger partial charge in [-0.1, -0.05) is 12.1 Å². The first kappa shape index (κ1) is 20.0. The van der Waals surface area contributed by atoms with Gasteiger partial charge in [0.25, 0.3) is 5.91 Å². The molecule has 0 atom stereocenters. The summed E-state index contributed by atoms with van der Waals surface area (Å²) in [5.74, 6) is 1.85. The second kappa shape index (κ2) is 9.46. The molecule has 1 fully saturated rings. The molecule has 0 saturated carbocycles. The van der Waals surface area contributed by atoms with Crippen molar-refractivity contribution in [3.8, 4) is 17.2 Å². The van der Waals surface area contributed by atoms with Crippen molar-refractivity contribution in [2.75, 3.05) is 34.4 Å². The average Bonchev–Trinajstić information content (AvgIpc) is 2.74. The van der Waals surface area contributed by atoms with Crippen molar-refractivity contribution in [2.24, 2.45) is 0 Å². The number of nitrogens with zero attached hydrogens (tertiary/aromatic N) is 1. The van der Waals surface area contributed by atoms with Crippen LogP contribution in [0, 0.1) is 0 Å². The maximum Gasteiger partial charge on any atom is 0.251 e. The summed E-state index contributed by atoms with van der Waals surface area (Å²) in [4.78, 5) is 14.7. The molecular weight excluding hydrogens is 356 g/mol. The number of rotatable bonds is 7. The van der Waals surface area contributed by atoms with E-state index in [9.17, 15) is 4.79 Å². The Labute approximate surface area is 166 Å². The molecule has 1 aliphatic rings. The normalized spacial score (nSPS) is 15.1. The predicted molar refractivity (Wildman–Crippen MR) is 108 cm³/mol. The van der Waals surface area contributed by atoms with Crippen LogP contribution in [0.25, 0.3) is 0 Å². The fourth-order valence-corrected chi connectivity index (χ4v) is 3.24. The SMILES string of the molecule is COc1ccc(C(=O)NCc2ccc(OC3CCN(C)CC3)cc2)cc1OC. The van der Waals surface area contributed by atoms with E-state index in [4.69, 9.17) is 14.2 Å². The highest BCUT2D eigenvalue weighted by Crippen LogP contribution is 2.27. The van der Waals surface area contributed by atoms with Crippen LogP contribution in [-0.2, 0) is 6.54 Å². The number of hydrogen-bond donors (Lipinski definition) is 1. The number of ether oxygens (including phenoxy) is 3. The van der Waals surface area contributed by atoms with Crippen LogP contribution in [0.4, 0.5) is 0 Å². The van der Waals surface area contributed by atoms with Gasteiger partial charge in [-0.15, -0.1) is 0 Å². The van der Waals surface area contributed by atoms with Crippen molar-refractivity contribution in [1.82, 2.24) is 10.2 Å². The summed E-state index contributed by atoms with van der Waals surface area (Å²) in [6, 6.07) is 13.0. The second-order valence-corrected chi connectivity index (χ2v) is 7.02. The number of nitrogens with one attached hydrogen (secondary N) is 1. The molecule has 0 aromatic heterocycles. The minimum atomic E-state index is -0.160. The summed E-state index contributed by atoms with van der Waals surface area (Å²) in [6.07, 6.45) is 2.39. The number of amides is 1. The van der Waals surface area contributed by atoms with Crippen LogP contribution in [0.5, 0.6) is 17.2 Å². The highest BCUT2D eigenvalue weighted by Gasteiger charge is 2.18. The Bertz CT molecular complexity index is 784. The Kier molecular flexibility index (Phi) is 6.76. The first-order valence-electron chi connectivity index (χ1n) is 9.53. The summed E-state index contributed by atoms with van der Waals surface area (Å²) in [5, 5.41) is 2.93.